The molecule has 0 unspecified atom stereocenters. The van der Waals surface area contributed by atoms with Gasteiger partial charge in [0.25, 0.3) is 0 Å². The van der Waals surface area contributed by atoms with Crippen molar-refractivity contribution < 1.29 is 4.74 Å². The van der Waals surface area contributed by atoms with Crippen molar-refractivity contribution in [3.8, 4) is 5.75 Å². The molecule has 1 aromatic carbocycles. The van der Waals surface area contributed by atoms with Crippen molar-refractivity contribution in [1.82, 2.24) is 9.80 Å². The molecule has 0 aliphatic carbocycles. The van der Waals surface area contributed by atoms with E-state index in [0.29, 0.717) is 0 Å². The van der Waals surface area contributed by atoms with Gasteiger partial charge in [0.15, 0.2) is 0 Å². The molecular weight excluding hydrogens is 248 g/mol. The van der Waals surface area contributed by atoms with Crippen molar-refractivity contribution in [1.29, 1.82) is 0 Å². The summed E-state index contributed by atoms with van der Waals surface area (Å²) < 4.78 is 5.62. The molecule has 0 N–H and O–H groups in total. The topological polar surface area (TPSA) is 15.7 Å². The molecule has 0 amide bonds. The van der Waals surface area contributed by atoms with Gasteiger partial charge in [-0.2, -0.15) is 0 Å². The molecule has 0 fully saturated rings. The second kappa shape index (κ2) is 9.78. The summed E-state index contributed by atoms with van der Waals surface area (Å²) >= 11 is 0. The number of hydrogen-bond acceptors (Lipinski definition) is 3. The second-order valence-corrected chi connectivity index (χ2v) is 5.28. The van der Waals surface area contributed by atoms with Crippen LogP contribution in [0.2, 0.25) is 0 Å². The molecule has 0 bridgehead atoms. The number of methoxy groups -OCH3 is 1. The molecule has 0 radical (unpaired) electrons. The van der Waals surface area contributed by atoms with Crippen LogP contribution < -0.4 is 4.74 Å². The molecule has 3 heteroatoms. The Labute approximate surface area is 125 Å². The molecule has 0 heterocycles. The Hall–Kier alpha value is -1.06. The summed E-state index contributed by atoms with van der Waals surface area (Å²) in [5.74, 6) is 1.04. The summed E-state index contributed by atoms with van der Waals surface area (Å²) in [5, 5.41) is 0. The zero-order chi connectivity index (χ0) is 15.7. The highest BCUT2D eigenvalue weighted by Crippen LogP contribution is 2.28. The van der Waals surface area contributed by atoms with Crippen molar-refractivity contribution in [3.05, 3.63) is 28.8 Å². The fraction of sp³-hybridized carbons (Fsp3) is 0.647. The maximum Gasteiger partial charge on any atom is 0.127 e. The fourth-order valence-electron chi connectivity index (χ4n) is 2.21. The highest BCUT2D eigenvalue weighted by Gasteiger charge is 2.12. The van der Waals surface area contributed by atoms with E-state index < -0.39 is 0 Å². The van der Waals surface area contributed by atoms with Crippen LogP contribution in [-0.4, -0.2) is 45.1 Å². The van der Waals surface area contributed by atoms with Gasteiger partial charge in [0.05, 0.1) is 7.11 Å². The molecule has 0 aliphatic rings. The van der Waals surface area contributed by atoms with E-state index in [-0.39, 0.29) is 0 Å². The minimum Gasteiger partial charge on any atom is -0.496 e. The van der Waals surface area contributed by atoms with Gasteiger partial charge < -0.3 is 14.5 Å². The van der Waals surface area contributed by atoms with Crippen LogP contribution in [0.25, 0.3) is 0 Å². The lowest BCUT2D eigenvalue weighted by Crippen LogP contribution is -2.15. The maximum atomic E-state index is 5.62. The molecule has 0 atom stereocenters. The van der Waals surface area contributed by atoms with E-state index in [1.54, 1.807) is 7.11 Å². The van der Waals surface area contributed by atoms with Crippen LogP contribution in [-0.2, 0) is 19.5 Å². The standard InChI is InChI=1S/C15H26N2O.C2H6/c1-7-12-8-13(10-16(2)3)15(18-6)14(9-12)11-17(4)5;1-2/h8-9H,7,10-11H2,1-6H3;1-2H3. The van der Waals surface area contributed by atoms with Crippen LogP contribution in [0.5, 0.6) is 5.75 Å². The smallest absolute Gasteiger partial charge is 0.127 e. The summed E-state index contributed by atoms with van der Waals surface area (Å²) in [6, 6.07) is 4.52. The van der Waals surface area contributed by atoms with Gasteiger partial charge in [0.2, 0.25) is 0 Å². The highest BCUT2D eigenvalue weighted by atomic mass is 16.5. The molecule has 0 aromatic heterocycles. The van der Waals surface area contributed by atoms with E-state index in [9.17, 15) is 0 Å². The number of ether oxygens (including phenoxy) is 1. The number of rotatable bonds is 6. The molecule has 1 aromatic rings. The van der Waals surface area contributed by atoms with Crippen molar-refractivity contribution in [3.63, 3.8) is 0 Å². The predicted octanol–water partition coefficient (Wildman–Crippen LogP) is 3.41. The van der Waals surface area contributed by atoms with Crippen molar-refractivity contribution >= 4 is 0 Å². The first-order valence-corrected chi connectivity index (χ1v) is 7.46. The molecule has 20 heavy (non-hydrogen) atoms. The third kappa shape index (κ3) is 5.93. The Bertz CT molecular complexity index is 356. The summed E-state index contributed by atoms with van der Waals surface area (Å²) in [6.45, 7) is 8.02. The number of hydrogen-bond donors (Lipinski definition) is 0. The van der Waals surface area contributed by atoms with Gasteiger partial charge in [0, 0.05) is 24.2 Å². The van der Waals surface area contributed by atoms with E-state index >= 15 is 0 Å². The van der Waals surface area contributed by atoms with Crippen LogP contribution in [0.15, 0.2) is 12.1 Å². The largest absolute Gasteiger partial charge is 0.496 e. The first-order valence-electron chi connectivity index (χ1n) is 7.46. The quantitative estimate of drug-likeness (QED) is 0.794. The number of benzene rings is 1. The minimum atomic E-state index is 0.914. The summed E-state index contributed by atoms with van der Waals surface area (Å²) in [4.78, 5) is 4.35. The van der Waals surface area contributed by atoms with Crippen LogP contribution in [0.1, 0.15) is 37.5 Å². The van der Waals surface area contributed by atoms with Crippen molar-refractivity contribution in [2.45, 2.75) is 40.3 Å². The zero-order valence-corrected chi connectivity index (χ0v) is 14.6. The zero-order valence-electron chi connectivity index (χ0n) is 14.6. The molecule has 116 valence electrons. The lowest BCUT2D eigenvalue weighted by Gasteiger charge is -2.20. The van der Waals surface area contributed by atoms with Gasteiger partial charge in [-0.15, -0.1) is 0 Å². The summed E-state index contributed by atoms with van der Waals surface area (Å²) in [5.41, 5.74) is 3.93. The predicted molar refractivity (Wildman–Crippen MR) is 88.5 cm³/mol. The lowest BCUT2D eigenvalue weighted by molar-refractivity contribution is 0.353. The molecule has 0 spiro atoms. The maximum absolute atomic E-state index is 5.62. The Morgan fingerprint density at radius 1 is 0.900 bits per heavy atom. The van der Waals surface area contributed by atoms with Crippen LogP contribution in [0.3, 0.4) is 0 Å². The summed E-state index contributed by atoms with van der Waals surface area (Å²) in [7, 11) is 10.1. The van der Waals surface area contributed by atoms with Crippen molar-refractivity contribution in [2.24, 2.45) is 0 Å². The monoisotopic (exact) mass is 280 g/mol. The van der Waals surface area contributed by atoms with Gasteiger partial charge in [-0.3, -0.25) is 0 Å². The second-order valence-electron chi connectivity index (χ2n) is 5.28. The Morgan fingerprint density at radius 2 is 1.30 bits per heavy atom. The highest BCUT2D eigenvalue weighted by molar-refractivity contribution is 5.45. The fourth-order valence-corrected chi connectivity index (χ4v) is 2.21. The first kappa shape index (κ1) is 18.9. The number of aryl methyl sites for hydroxylation is 1. The van der Waals surface area contributed by atoms with Gasteiger partial charge in [-0.25, -0.2) is 0 Å². The average Bonchev–Trinajstić information content (AvgIpc) is 2.39. The molecule has 3 nitrogen and oxygen atoms in total. The van der Waals surface area contributed by atoms with E-state index in [1.807, 2.05) is 13.8 Å². The molecule has 0 saturated heterocycles. The van der Waals surface area contributed by atoms with E-state index in [0.717, 1.165) is 25.3 Å². The number of nitrogens with zero attached hydrogens (tertiary/aromatic N) is 2. The lowest BCUT2D eigenvalue weighted by atomic mass is 10.0. The van der Waals surface area contributed by atoms with Gasteiger partial charge >= 0.3 is 0 Å². The van der Waals surface area contributed by atoms with Gasteiger partial charge in [-0.05, 0) is 40.2 Å². The Morgan fingerprint density at radius 3 is 1.55 bits per heavy atom. The van der Waals surface area contributed by atoms with E-state index in [1.165, 1.54) is 16.7 Å². The first-order chi connectivity index (χ1) is 9.47. The normalized spacial score (nSPS) is 10.5. The SMILES string of the molecule is CC.CCc1cc(CN(C)C)c(OC)c(CN(C)C)c1. The van der Waals surface area contributed by atoms with Gasteiger partial charge in [0.1, 0.15) is 5.75 Å². The molecule has 0 aliphatic heterocycles. The Kier molecular flexibility index (Phi) is 9.26. The van der Waals surface area contributed by atoms with Gasteiger partial charge in [-0.1, -0.05) is 32.9 Å². The third-order valence-electron chi connectivity index (χ3n) is 2.89. The van der Waals surface area contributed by atoms with Crippen LogP contribution >= 0.6 is 0 Å². The van der Waals surface area contributed by atoms with E-state index in [2.05, 4.69) is 57.0 Å². The molecule has 0 saturated carbocycles. The minimum absolute atomic E-state index is 0.914. The molecular formula is C17H32N2O. The van der Waals surface area contributed by atoms with E-state index in [4.69, 9.17) is 4.74 Å². The van der Waals surface area contributed by atoms with Crippen LogP contribution in [0, 0.1) is 0 Å². The van der Waals surface area contributed by atoms with Crippen molar-refractivity contribution in [2.75, 3.05) is 35.3 Å². The van der Waals surface area contributed by atoms with Crippen LogP contribution in [0.4, 0.5) is 0 Å². The third-order valence-corrected chi connectivity index (χ3v) is 2.89. The molecule has 1 rings (SSSR count). The average molecular weight is 280 g/mol. The Balaban J connectivity index is 0.00000172. The summed E-state index contributed by atoms with van der Waals surface area (Å²) in [6.07, 6.45) is 1.06.